The number of nitrogens with one attached hydrogen (secondary N) is 1. The maximum Gasteiger partial charge on any atom is 0.263 e. The quantitative estimate of drug-likeness (QED) is 0.929. The molecule has 0 atom stereocenters. The largest absolute Gasteiger partial charge is 0.341 e. The lowest BCUT2D eigenvalue weighted by Gasteiger charge is -2.19. The first kappa shape index (κ1) is 17.3. The molecule has 6 nitrogen and oxygen atoms in total. The molecule has 2 heterocycles. The van der Waals surface area contributed by atoms with Crippen LogP contribution in [0.4, 0.5) is 0 Å². The molecule has 7 heteroatoms. The number of rotatable bonds is 4. The Hall–Kier alpha value is -2.02. The third-order valence-corrected chi connectivity index (χ3v) is 4.60. The van der Waals surface area contributed by atoms with Gasteiger partial charge in [-0.25, -0.2) is 9.97 Å². The number of aromatic nitrogens is 3. The molecule has 1 amide bonds. The van der Waals surface area contributed by atoms with E-state index in [1.165, 1.54) is 6.20 Å². The van der Waals surface area contributed by atoms with Crippen molar-refractivity contribution in [2.24, 2.45) is 0 Å². The summed E-state index contributed by atoms with van der Waals surface area (Å²) in [4.78, 5) is 38.4. The molecule has 0 bridgehead atoms. The summed E-state index contributed by atoms with van der Waals surface area (Å²) in [5.41, 5.74) is 2.20. The number of H-pyrrole nitrogens is 1. The number of hydrogen-bond acceptors (Lipinski definition) is 5. The molecule has 23 heavy (non-hydrogen) atoms. The van der Waals surface area contributed by atoms with Crippen LogP contribution < -0.4 is 5.56 Å². The van der Waals surface area contributed by atoms with E-state index in [1.807, 2.05) is 27.7 Å². The molecule has 0 saturated heterocycles. The highest BCUT2D eigenvalue weighted by atomic mass is 32.1. The van der Waals surface area contributed by atoms with Crippen molar-refractivity contribution in [1.29, 1.82) is 0 Å². The Labute approximate surface area is 139 Å². The van der Waals surface area contributed by atoms with Gasteiger partial charge in [0.1, 0.15) is 11.4 Å². The van der Waals surface area contributed by atoms with Crippen LogP contribution in [0.5, 0.6) is 0 Å². The van der Waals surface area contributed by atoms with Crippen LogP contribution in [0.1, 0.15) is 47.5 Å². The fourth-order valence-electron chi connectivity index (χ4n) is 2.07. The minimum absolute atomic E-state index is 0.0709. The Morgan fingerprint density at radius 3 is 2.57 bits per heavy atom. The van der Waals surface area contributed by atoms with E-state index in [9.17, 15) is 9.59 Å². The van der Waals surface area contributed by atoms with Crippen LogP contribution in [0, 0.1) is 6.92 Å². The number of thiazole rings is 1. The van der Waals surface area contributed by atoms with Crippen LogP contribution in [0.2, 0.25) is 0 Å². The van der Waals surface area contributed by atoms with Gasteiger partial charge in [-0.1, -0.05) is 20.8 Å². The van der Waals surface area contributed by atoms with E-state index in [0.717, 1.165) is 17.0 Å². The molecule has 2 aromatic heterocycles. The third kappa shape index (κ3) is 4.04. The molecular formula is C16H22N4O2S. The van der Waals surface area contributed by atoms with Crippen molar-refractivity contribution in [2.75, 3.05) is 13.6 Å². The van der Waals surface area contributed by atoms with Gasteiger partial charge in [-0.05, 0) is 6.92 Å². The fourth-order valence-corrected chi connectivity index (χ4v) is 2.84. The fraction of sp³-hybridized carbons (Fsp3) is 0.500. The van der Waals surface area contributed by atoms with Crippen molar-refractivity contribution in [2.45, 2.75) is 39.5 Å². The minimum atomic E-state index is -0.393. The average Bonchev–Trinajstić information content (AvgIpc) is 2.88. The SMILES string of the molecule is Cc1ncsc1CCN(C)C(=O)c1cnc(C(C)(C)C)[nH]c1=O. The molecule has 0 radical (unpaired) electrons. The predicted octanol–water partition coefficient (Wildman–Crippen LogP) is 2.15. The summed E-state index contributed by atoms with van der Waals surface area (Å²) in [6.45, 7) is 8.35. The zero-order valence-electron chi connectivity index (χ0n) is 14.1. The lowest BCUT2D eigenvalue weighted by molar-refractivity contribution is 0.0794. The summed E-state index contributed by atoms with van der Waals surface area (Å²) in [6, 6.07) is 0. The maximum absolute atomic E-state index is 12.4. The molecule has 0 unspecified atom stereocenters. The highest BCUT2D eigenvalue weighted by Gasteiger charge is 2.21. The van der Waals surface area contributed by atoms with Crippen LogP contribution in [0.3, 0.4) is 0 Å². The van der Waals surface area contributed by atoms with Crippen LogP contribution in [-0.2, 0) is 11.8 Å². The molecule has 0 spiro atoms. The lowest BCUT2D eigenvalue weighted by atomic mass is 9.96. The van der Waals surface area contributed by atoms with Crippen LogP contribution in [0.25, 0.3) is 0 Å². The molecule has 0 aliphatic rings. The maximum atomic E-state index is 12.4. The average molecular weight is 334 g/mol. The number of hydrogen-bond donors (Lipinski definition) is 1. The Morgan fingerprint density at radius 1 is 1.35 bits per heavy atom. The number of amides is 1. The molecule has 1 N–H and O–H groups in total. The highest BCUT2D eigenvalue weighted by molar-refractivity contribution is 7.09. The van der Waals surface area contributed by atoms with Gasteiger partial charge in [0.15, 0.2) is 0 Å². The van der Waals surface area contributed by atoms with Crippen molar-refractivity contribution in [1.82, 2.24) is 19.9 Å². The predicted molar refractivity (Wildman–Crippen MR) is 91.1 cm³/mol. The van der Waals surface area contributed by atoms with Crippen molar-refractivity contribution >= 4 is 17.2 Å². The zero-order valence-corrected chi connectivity index (χ0v) is 15.0. The first-order valence-electron chi connectivity index (χ1n) is 7.44. The van der Waals surface area contributed by atoms with E-state index in [2.05, 4.69) is 15.0 Å². The summed E-state index contributed by atoms with van der Waals surface area (Å²) in [7, 11) is 1.69. The smallest absolute Gasteiger partial charge is 0.263 e. The molecule has 0 saturated carbocycles. The van der Waals surface area contributed by atoms with Crippen LogP contribution in [-0.4, -0.2) is 39.4 Å². The van der Waals surface area contributed by atoms with Gasteiger partial charge in [-0.15, -0.1) is 11.3 Å². The second-order valence-electron chi connectivity index (χ2n) is 6.56. The molecule has 0 aliphatic carbocycles. The number of carbonyl (C=O) groups is 1. The van der Waals surface area contributed by atoms with Gasteiger partial charge in [0, 0.05) is 36.5 Å². The van der Waals surface area contributed by atoms with E-state index in [4.69, 9.17) is 0 Å². The monoisotopic (exact) mass is 334 g/mol. The Bertz CT molecular complexity index is 758. The molecule has 0 aromatic carbocycles. The first-order chi connectivity index (χ1) is 10.7. The van der Waals surface area contributed by atoms with E-state index in [0.29, 0.717) is 12.4 Å². The molecule has 0 aliphatic heterocycles. The Kier molecular flexibility index (Phi) is 4.99. The number of nitrogens with zero attached hydrogens (tertiary/aromatic N) is 3. The third-order valence-electron chi connectivity index (χ3n) is 3.61. The molecular weight excluding hydrogens is 312 g/mol. The van der Waals surface area contributed by atoms with Gasteiger partial charge >= 0.3 is 0 Å². The van der Waals surface area contributed by atoms with Gasteiger partial charge < -0.3 is 9.88 Å². The molecule has 124 valence electrons. The van der Waals surface area contributed by atoms with Crippen molar-refractivity contribution < 1.29 is 4.79 Å². The summed E-state index contributed by atoms with van der Waals surface area (Å²) in [5, 5.41) is 0. The molecule has 0 fully saturated rings. The second-order valence-corrected chi connectivity index (χ2v) is 7.50. The van der Waals surface area contributed by atoms with Gasteiger partial charge in [0.05, 0.1) is 11.2 Å². The van der Waals surface area contributed by atoms with Crippen molar-refractivity contribution in [3.63, 3.8) is 0 Å². The van der Waals surface area contributed by atoms with Gasteiger partial charge in [0.25, 0.3) is 11.5 Å². The van der Waals surface area contributed by atoms with Crippen molar-refractivity contribution in [3.05, 3.63) is 44.0 Å². The normalized spacial score (nSPS) is 11.5. The Balaban J connectivity index is 2.10. The van der Waals surface area contributed by atoms with Gasteiger partial charge in [-0.2, -0.15) is 0 Å². The van der Waals surface area contributed by atoms with Crippen molar-refractivity contribution in [3.8, 4) is 0 Å². The first-order valence-corrected chi connectivity index (χ1v) is 8.32. The topological polar surface area (TPSA) is 79.0 Å². The van der Waals surface area contributed by atoms with E-state index in [1.54, 1.807) is 28.8 Å². The number of likely N-dealkylation sites (N-methyl/N-ethyl adjacent to an activating group) is 1. The number of aromatic amines is 1. The molecule has 2 rings (SSSR count). The minimum Gasteiger partial charge on any atom is -0.341 e. The van der Waals surface area contributed by atoms with Gasteiger partial charge in [-0.3, -0.25) is 9.59 Å². The zero-order chi connectivity index (χ0) is 17.2. The standard InChI is InChI=1S/C16H22N4O2S/c1-10-12(23-9-18-10)6-7-20(5)14(22)11-8-17-15(16(2,3)4)19-13(11)21/h8-9H,6-7H2,1-5H3,(H,17,19,21). The van der Waals surface area contributed by atoms with Gasteiger partial charge in [0.2, 0.25) is 0 Å². The van der Waals surface area contributed by atoms with E-state index >= 15 is 0 Å². The summed E-state index contributed by atoms with van der Waals surface area (Å²) < 4.78 is 0. The summed E-state index contributed by atoms with van der Waals surface area (Å²) >= 11 is 1.58. The number of aryl methyl sites for hydroxylation is 1. The van der Waals surface area contributed by atoms with Crippen LogP contribution in [0.15, 0.2) is 16.5 Å². The number of carbonyl (C=O) groups excluding carboxylic acids is 1. The summed E-state index contributed by atoms with van der Waals surface area (Å²) in [5.74, 6) is 0.253. The Morgan fingerprint density at radius 2 is 2.04 bits per heavy atom. The highest BCUT2D eigenvalue weighted by Crippen LogP contribution is 2.16. The lowest BCUT2D eigenvalue weighted by Crippen LogP contribution is -2.34. The van der Waals surface area contributed by atoms with E-state index < -0.39 is 5.56 Å². The van der Waals surface area contributed by atoms with E-state index in [-0.39, 0.29) is 16.9 Å². The molecule has 2 aromatic rings. The second kappa shape index (κ2) is 6.62. The summed E-state index contributed by atoms with van der Waals surface area (Å²) in [6.07, 6.45) is 2.10. The van der Waals surface area contributed by atoms with Crippen LogP contribution >= 0.6 is 11.3 Å².